The van der Waals surface area contributed by atoms with Crippen molar-refractivity contribution in [3.63, 3.8) is 0 Å². The molecule has 0 N–H and O–H groups in total. The number of carbonyl (C=O) groups is 2. The standard InChI is InChI=1S/C21H26O6/c1-7-13(3)19(22)25-11-21(12-26-21)16-10-17(24-6)15(5)9-18(16)27-20(23)14(4)8-2/h7-10H,11-12H2,1-6H3. The zero-order valence-corrected chi connectivity index (χ0v) is 16.7. The average Bonchev–Trinajstić information content (AvgIpc) is 3.45. The van der Waals surface area contributed by atoms with E-state index in [2.05, 4.69) is 0 Å². The van der Waals surface area contributed by atoms with Crippen LogP contribution in [-0.4, -0.2) is 32.3 Å². The molecule has 0 aromatic heterocycles. The van der Waals surface area contributed by atoms with Crippen LogP contribution in [0, 0.1) is 6.92 Å². The number of esters is 2. The van der Waals surface area contributed by atoms with E-state index in [1.54, 1.807) is 59.1 Å². The number of benzene rings is 1. The Morgan fingerprint density at radius 3 is 2.22 bits per heavy atom. The van der Waals surface area contributed by atoms with Crippen molar-refractivity contribution in [1.29, 1.82) is 0 Å². The lowest BCUT2D eigenvalue weighted by Crippen LogP contribution is -2.23. The molecular weight excluding hydrogens is 348 g/mol. The SMILES string of the molecule is CC=C(C)C(=O)OCC1(c2cc(OC)c(C)cc2OC(=O)C(C)=CC)CO1. The van der Waals surface area contributed by atoms with Crippen molar-refractivity contribution in [2.24, 2.45) is 0 Å². The maximum absolute atomic E-state index is 12.2. The van der Waals surface area contributed by atoms with E-state index in [1.165, 1.54) is 0 Å². The van der Waals surface area contributed by atoms with Crippen LogP contribution in [0.1, 0.15) is 38.8 Å². The first-order valence-electron chi connectivity index (χ1n) is 8.76. The van der Waals surface area contributed by atoms with Crippen LogP contribution in [0.5, 0.6) is 11.5 Å². The van der Waals surface area contributed by atoms with Gasteiger partial charge in [0.25, 0.3) is 0 Å². The second-order valence-electron chi connectivity index (χ2n) is 6.51. The van der Waals surface area contributed by atoms with Gasteiger partial charge in [-0.3, -0.25) is 0 Å². The van der Waals surface area contributed by atoms with Gasteiger partial charge in [-0.15, -0.1) is 0 Å². The Labute approximate surface area is 159 Å². The van der Waals surface area contributed by atoms with E-state index in [9.17, 15) is 9.59 Å². The van der Waals surface area contributed by atoms with Crippen molar-refractivity contribution in [3.05, 3.63) is 46.6 Å². The van der Waals surface area contributed by atoms with Gasteiger partial charge in [-0.2, -0.15) is 0 Å². The maximum atomic E-state index is 12.2. The minimum atomic E-state index is -0.843. The average molecular weight is 374 g/mol. The highest BCUT2D eigenvalue weighted by atomic mass is 16.6. The molecule has 0 saturated carbocycles. The van der Waals surface area contributed by atoms with Crippen molar-refractivity contribution < 1.29 is 28.5 Å². The molecule has 1 aliphatic heterocycles. The maximum Gasteiger partial charge on any atom is 0.338 e. The van der Waals surface area contributed by atoms with Crippen molar-refractivity contribution in [1.82, 2.24) is 0 Å². The van der Waals surface area contributed by atoms with Crippen molar-refractivity contribution in [2.75, 3.05) is 20.3 Å². The smallest absolute Gasteiger partial charge is 0.338 e. The van der Waals surface area contributed by atoms with E-state index in [-0.39, 0.29) is 6.61 Å². The number of hydrogen-bond donors (Lipinski definition) is 0. The number of carbonyl (C=O) groups excluding carboxylic acids is 2. The third kappa shape index (κ3) is 4.57. The van der Waals surface area contributed by atoms with E-state index in [0.717, 1.165) is 5.56 Å². The molecule has 1 atom stereocenters. The molecule has 0 bridgehead atoms. The van der Waals surface area contributed by atoms with E-state index < -0.39 is 17.5 Å². The normalized spacial score (nSPS) is 19.5. The molecule has 1 aromatic rings. The summed E-state index contributed by atoms with van der Waals surface area (Å²) in [6.07, 6.45) is 3.37. The van der Waals surface area contributed by atoms with Gasteiger partial charge in [0.05, 0.1) is 13.7 Å². The van der Waals surface area contributed by atoms with Crippen LogP contribution in [-0.2, 0) is 24.7 Å². The van der Waals surface area contributed by atoms with Crippen LogP contribution in [0.2, 0.25) is 0 Å². The Bertz CT molecular complexity index is 799. The van der Waals surface area contributed by atoms with Gasteiger partial charge in [0.2, 0.25) is 0 Å². The Morgan fingerprint density at radius 2 is 1.70 bits per heavy atom. The molecular formula is C21H26O6. The summed E-state index contributed by atoms with van der Waals surface area (Å²) in [5.41, 5.74) is 1.61. The molecule has 0 spiro atoms. The van der Waals surface area contributed by atoms with Crippen LogP contribution < -0.4 is 9.47 Å². The van der Waals surface area contributed by atoms with Gasteiger partial charge in [0.15, 0.2) is 5.60 Å². The summed E-state index contributed by atoms with van der Waals surface area (Å²) in [6.45, 7) is 9.15. The van der Waals surface area contributed by atoms with E-state index >= 15 is 0 Å². The Morgan fingerprint density at radius 1 is 1.11 bits per heavy atom. The first-order chi connectivity index (χ1) is 12.8. The first kappa shape index (κ1) is 20.7. The Hall–Kier alpha value is -2.60. The van der Waals surface area contributed by atoms with E-state index in [4.69, 9.17) is 18.9 Å². The molecule has 1 fully saturated rings. The van der Waals surface area contributed by atoms with E-state index in [1.807, 2.05) is 6.92 Å². The zero-order valence-electron chi connectivity index (χ0n) is 16.7. The molecule has 1 saturated heterocycles. The molecule has 0 aliphatic carbocycles. The third-order valence-corrected chi connectivity index (χ3v) is 4.63. The molecule has 27 heavy (non-hydrogen) atoms. The fourth-order valence-corrected chi connectivity index (χ4v) is 2.44. The predicted octanol–water partition coefficient (Wildman–Crippen LogP) is 3.61. The number of epoxide rings is 1. The summed E-state index contributed by atoms with van der Waals surface area (Å²) >= 11 is 0. The molecule has 146 valence electrons. The van der Waals surface area contributed by atoms with Crippen LogP contribution in [0.25, 0.3) is 0 Å². The van der Waals surface area contributed by atoms with Gasteiger partial charge < -0.3 is 18.9 Å². The van der Waals surface area contributed by atoms with Gasteiger partial charge in [0.1, 0.15) is 18.1 Å². The fourth-order valence-electron chi connectivity index (χ4n) is 2.44. The van der Waals surface area contributed by atoms with E-state index in [0.29, 0.717) is 34.8 Å². The summed E-state index contributed by atoms with van der Waals surface area (Å²) in [6, 6.07) is 3.50. The lowest BCUT2D eigenvalue weighted by molar-refractivity contribution is -0.141. The molecule has 6 nitrogen and oxygen atoms in total. The summed E-state index contributed by atoms with van der Waals surface area (Å²) in [5, 5.41) is 0. The highest BCUT2D eigenvalue weighted by Gasteiger charge is 2.50. The highest BCUT2D eigenvalue weighted by molar-refractivity contribution is 5.90. The number of aryl methyl sites for hydroxylation is 1. The first-order valence-corrected chi connectivity index (χ1v) is 8.76. The molecule has 1 unspecified atom stereocenters. The molecule has 1 aliphatic rings. The highest BCUT2D eigenvalue weighted by Crippen LogP contribution is 2.46. The van der Waals surface area contributed by atoms with Gasteiger partial charge >= 0.3 is 11.9 Å². The minimum Gasteiger partial charge on any atom is -0.496 e. The lowest BCUT2D eigenvalue weighted by Gasteiger charge is -2.19. The van der Waals surface area contributed by atoms with Crippen molar-refractivity contribution in [3.8, 4) is 11.5 Å². The second-order valence-corrected chi connectivity index (χ2v) is 6.51. The summed E-state index contributed by atoms with van der Waals surface area (Å²) in [4.78, 5) is 24.2. The number of hydrogen-bond acceptors (Lipinski definition) is 6. The van der Waals surface area contributed by atoms with Crippen LogP contribution in [0.3, 0.4) is 0 Å². The van der Waals surface area contributed by atoms with Crippen LogP contribution in [0.4, 0.5) is 0 Å². The van der Waals surface area contributed by atoms with Crippen LogP contribution in [0.15, 0.2) is 35.4 Å². The molecule has 0 amide bonds. The monoisotopic (exact) mass is 374 g/mol. The van der Waals surface area contributed by atoms with Crippen molar-refractivity contribution >= 4 is 11.9 Å². The Kier molecular flexibility index (Phi) is 6.44. The minimum absolute atomic E-state index is 0.0242. The molecule has 1 heterocycles. The molecule has 2 rings (SSSR count). The largest absolute Gasteiger partial charge is 0.496 e. The van der Waals surface area contributed by atoms with Crippen molar-refractivity contribution in [2.45, 2.75) is 40.2 Å². The van der Waals surface area contributed by atoms with Gasteiger partial charge in [0, 0.05) is 16.7 Å². The lowest BCUT2D eigenvalue weighted by atomic mass is 9.97. The van der Waals surface area contributed by atoms with Crippen LogP contribution >= 0.6 is 0 Å². The Balaban J connectivity index is 2.35. The number of ether oxygens (including phenoxy) is 4. The predicted molar refractivity (Wildman–Crippen MR) is 101 cm³/mol. The number of allylic oxidation sites excluding steroid dienone is 2. The zero-order chi connectivity index (χ0) is 20.2. The molecule has 6 heteroatoms. The summed E-state index contributed by atoms with van der Waals surface area (Å²) in [5.74, 6) is 0.157. The quantitative estimate of drug-likeness (QED) is 0.314. The number of rotatable bonds is 7. The van der Waals surface area contributed by atoms with Gasteiger partial charge in [-0.25, -0.2) is 9.59 Å². The fraction of sp³-hybridized carbons (Fsp3) is 0.429. The molecule has 0 radical (unpaired) electrons. The summed E-state index contributed by atoms with van der Waals surface area (Å²) < 4.78 is 22.0. The summed E-state index contributed by atoms with van der Waals surface area (Å²) in [7, 11) is 1.57. The number of methoxy groups -OCH3 is 1. The second kappa shape index (κ2) is 8.39. The molecule has 1 aromatic carbocycles. The van der Waals surface area contributed by atoms with Gasteiger partial charge in [-0.05, 0) is 52.3 Å². The topological polar surface area (TPSA) is 74.4 Å². The van der Waals surface area contributed by atoms with Gasteiger partial charge in [-0.1, -0.05) is 12.2 Å². The third-order valence-electron chi connectivity index (χ3n) is 4.63.